The summed E-state index contributed by atoms with van der Waals surface area (Å²) in [5, 5.41) is 0. The van der Waals surface area contributed by atoms with Crippen molar-refractivity contribution in [1.82, 2.24) is 9.97 Å². The number of pyridine rings is 2. The Morgan fingerprint density at radius 1 is 0.781 bits per heavy atom. The summed E-state index contributed by atoms with van der Waals surface area (Å²) in [6.45, 7) is 1.15. The minimum Gasteiger partial charge on any atom is -0.338 e. The zero-order chi connectivity index (χ0) is 22.0. The fraction of sp³-hybridized carbons (Fsp3) is 0.120. The summed E-state index contributed by atoms with van der Waals surface area (Å²) >= 11 is 0. The third-order valence-electron chi connectivity index (χ3n) is 5.63. The molecule has 0 radical (unpaired) electrons. The van der Waals surface area contributed by atoms with Gasteiger partial charge in [0, 0.05) is 24.6 Å². The van der Waals surface area contributed by atoms with E-state index in [9.17, 15) is 9.11 Å². The van der Waals surface area contributed by atoms with Crippen molar-refractivity contribution in [2.24, 2.45) is 0 Å². The Kier molecular flexibility index (Phi) is 5.53. The van der Waals surface area contributed by atoms with Crippen molar-refractivity contribution >= 4 is 33.3 Å². The summed E-state index contributed by atoms with van der Waals surface area (Å²) in [5.74, 6) is 0.313. The largest absolute Gasteiger partial charge is 0.338 e. The maximum Gasteiger partial charge on any atom is 0.0821 e. The molecule has 3 heterocycles. The molecular weight excluding hydrogens is 420 g/mol. The van der Waals surface area contributed by atoms with Crippen molar-refractivity contribution in [3.05, 3.63) is 103 Å². The Hall–Kier alpha value is -3.39. The first-order valence-corrected chi connectivity index (χ1v) is 12.1. The highest BCUT2D eigenvalue weighted by Crippen LogP contribution is 2.56. The van der Waals surface area contributed by atoms with E-state index in [0.29, 0.717) is 23.7 Å². The summed E-state index contributed by atoms with van der Waals surface area (Å²) in [6, 6.07) is 23.8. The van der Waals surface area contributed by atoms with Crippen LogP contribution in [0.1, 0.15) is 5.56 Å². The molecule has 5 rings (SSSR count). The van der Waals surface area contributed by atoms with E-state index in [-0.39, 0.29) is 0 Å². The smallest absolute Gasteiger partial charge is 0.0821 e. The molecule has 0 saturated heterocycles. The maximum absolute atomic E-state index is 10.6. The molecule has 0 fully saturated rings. The van der Waals surface area contributed by atoms with E-state index >= 15 is 0 Å². The second-order valence-corrected chi connectivity index (χ2v) is 9.81. The summed E-state index contributed by atoms with van der Waals surface area (Å²) in [5.41, 5.74) is 4.97. The predicted octanol–water partition coefficient (Wildman–Crippen LogP) is 6.08. The molecule has 0 spiro atoms. The number of fused-ring (bicyclic) bond motifs is 1. The average molecular weight is 445 g/mol. The first kappa shape index (κ1) is 20.5. The van der Waals surface area contributed by atoms with Crippen molar-refractivity contribution in [1.29, 1.82) is 0 Å². The van der Waals surface area contributed by atoms with Gasteiger partial charge in [0.2, 0.25) is 0 Å². The Bertz CT molecular complexity index is 1170. The summed E-state index contributed by atoms with van der Waals surface area (Å²) in [6.07, 6.45) is 7.23. The number of nitrogens with zero attached hydrogens (tertiary/aromatic N) is 4. The molecule has 6 nitrogen and oxygen atoms in total. The standard InChI is InChI=1S/C25H24N4O2S/c30-32(31)16-15-28(24-11-3-4-12-25(24)32)23-10-2-1-7-20(23)19-29(21-8-5-13-26-17-21)22-9-6-14-27-18-22/h1-14,17-18,30-31H,15-16,19H2. The molecule has 7 heteroatoms. The summed E-state index contributed by atoms with van der Waals surface area (Å²) in [7, 11) is -2.77. The Morgan fingerprint density at radius 2 is 1.41 bits per heavy atom. The van der Waals surface area contributed by atoms with Crippen LogP contribution in [0.4, 0.5) is 22.7 Å². The van der Waals surface area contributed by atoms with Crippen LogP contribution >= 0.6 is 10.6 Å². The quantitative estimate of drug-likeness (QED) is 0.389. The molecule has 0 bridgehead atoms. The van der Waals surface area contributed by atoms with Gasteiger partial charge < -0.3 is 9.80 Å². The summed E-state index contributed by atoms with van der Waals surface area (Å²) < 4.78 is 21.2. The third kappa shape index (κ3) is 3.93. The van der Waals surface area contributed by atoms with Crippen molar-refractivity contribution in [3.63, 3.8) is 0 Å². The van der Waals surface area contributed by atoms with Gasteiger partial charge >= 0.3 is 0 Å². The van der Waals surface area contributed by atoms with Gasteiger partial charge in [-0.25, -0.2) is 0 Å². The number of para-hydroxylation sites is 2. The van der Waals surface area contributed by atoms with Crippen LogP contribution in [0.15, 0.2) is 102 Å². The number of hydrogen-bond acceptors (Lipinski definition) is 6. The van der Waals surface area contributed by atoms with Crippen molar-refractivity contribution in [2.75, 3.05) is 22.1 Å². The van der Waals surface area contributed by atoms with Gasteiger partial charge in [-0.05, 0) is 48.0 Å². The van der Waals surface area contributed by atoms with Gasteiger partial charge in [-0.2, -0.15) is 10.6 Å². The zero-order valence-corrected chi connectivity index (χ0v) is 18.3. The minimum atomic E-state index is -2.77. The van der Waals surface area contributed by atoms with E-state index in [1.165, 1.54) is 0 Å². The van der Waals surface area contributed by atoms with E-state index in [1.54, 1.807) is 12.4 Å². The lowest BCUT2D eigenvalue weighted by atomic mass is 10.1. The maximum atomic E-state index is 10.6. The van der Waals surface area contributed by atoms with Gasteiger partial charge in [0.1, 0.15) is 0 Å². The normalized spacial score (nSPS) is 15.6. The van der Waals surface area contributed by atoms with Gasteiger partial charge in [0.25, 0.3) is 0 Å². The second kappa shape index (κ2) is 8.63. The molecule has 32 heavy (non-hydrogen) atoms. The fourth-order valence-electron chi connectivity index (χ4n) is 4.09. The Morgan fingerprint density at radius 3 is 2.06 bits per heavy atom. The van der Waals surface area contributed by atoms with E-state index in [1.807, 2.05) is 73.1 Å². The molecule has 2 aromatic carbocycles. The van der Waals surface area contributed by atoms with Gasteiger partial charge in [-0.1, -0.05) is 30.3 Å². The lowest BCUT2D eigenvalue weighted by molar-refractivity contribution is 0.484. The molecule has 1 aliphatic heterocycles. The fourth-order valence-corrected chi connectivity index (χ4v) is 5.56. The lowest BCUT2D eigenvalue weighted by Crippen LogP contribution is -2.31. The topological polar surface area (TPSA) is 72.7 Å². The van der Waals surface area contributed by atoms with Crippen molar-refractivity contribution < 1.29 is 9.11 Å². The van der Waals surface area contributed by atoms with E-state index < -0.39 is 10.6 Å². The van der Waals surface area contributed by atoms with Crippen LogP contribution in [0, 0.1) is 0 Å². The van der Waals surface area contributed by atoms with E-state index in [4.69, 9.17) is 0 Å². The van der Waals surface area contributed by atoms with Gasteiger partial charge in [0.15, 0.2) is 0 Å². The van der Waals surface area contributed by atoms with Crippen molar-refractivity contribution in [2.45, 2.75) is 11.4 Å². The lowest BCUT2D eigenvalue weighted by Gasteiger charge is -2.43. The molecule has 0 unspecified atom stereocenters. The Labute approximate surface area is 189 Å². The molecule has 4 aromatic rings. The first-order chi connectivity index (χ1) is 15.6. The number of benzene rings is 2. The number of hydrogen-bond donors (Lipinski definition) is 2. The van der Waals surface area contributed by atoms with Crippen molar-refractivity contribution in [3.8, 4) is 0 Å². The van der Waals surface area contributed by atoms with E-state index in [0.717, 1.165) is 28.3 Å². The second-order valence-electron chi connectivity index (χ2n) is 7.63. The molecule has 0 saturated carbocycles. The number of anilines is 4. The van der Waals surface area contributed by atoms with Crippen LogP contribution in [0.3, 0.4) is 0 Å². The van der Waals surface area contributed by atoms with Gasteiger partial charge in [-0.3, -0.25) is 19.1 Å². The monoisotopic (exact) mass is 444 g/mol. The molecular formula is C25H24N4O2S. The third-order valence-corrected chi connectivity index (χ3v) is 7.44. The molecule has 0 aliphatic carbocycles. The van der Waals surface area contributed by atoms with Crippen LogP contribution in [0.25, 0.3) is 0 Å². The average Bonchev–Trinajstić information content (AvgIpc) is 2.84. The summed E-state index contributed by atoms with van der Waals surface area (Å²) in [4.78, 5) is 13.6. The highest BCUT2D eigenvalue weighted by molar-refractivity contribution is 8.24. The SMILES string of the molecule is OS1(O)CCN(c2ccccc2CN(c2cccnc2)c2cccnc2)c2ccccc21. The highest BCUT2D eigenvalue weighted by Gasteiger charge is 2.30. The predicted molar refractivity (Wildman–Crippen MR) is 130 cm³/mol. The van der Waals surface area contributed by atoms with Gasteiger partial charge in [0.05, 0.1) is 46.6 Å². The molecule has 0 atom stereocenters. The van der Waals surface area contributed by atoms with Crippen LogP contribution in [0.2, 0.25) is 0 Å². The highest BCUT2D eigenvalue weighted by atomic mass is 32.3. The van der Waals surface area contributed by atoms with E-state index in [2.05, 4.69) is 31.9 Å². The molecule has 162 valence electrons. The van der Waals surface area contributed by atoms with Crippen LogP contribution in [-0.2, 0) is 6.54 Å². The minimum absolute atomic E-state index is 0.313. The number of aromatic nitrogens is 2. The van der Waals surface area contributed by atoms with Crippen LogP contribution in [-0.4, -0.2) is 31.4 Å². The Balaban J connectivity index is 1.57. The first-order valence-electron chi connectivity index (χ1n) is 10.4. The zero-order valence-electron chi connectivity index (χ0n) is 17.5. The van der Waals surface area contributed by atoms with Gasteiger partial charge in [-0.15, -0.1) is 0 Å². The van der Waals surface area contributed by atoms with Crippen LogP contribution in [0.5, 0.6) is 0 Å². The molecule has 0 amide bonds. The molecule has 2 aromatic heterocycles. The molecule has 2 N–H and O–H groups in total. The van der Waals surface area contributed by atoms with Crippen LogP contribution < -0.4 is 9.80 Å². The number of rotatable bonds is 5. The molecule has 1 aliphatic rings.